The van der Waals surface area contributed by atoms with Crippen molar-refractivity contribution in [1.82, 2.24) is 0 Å². The molecule has 1 rings (SSSR count). The van der Waals surface area contributed by atoms with E-state index in [9.17, 15) is 0 Å². The first-order chi connectivity index (χ1) is 3.39. The van der Waals surface area contributed by atoms with Crippen LogP contribution in [0, 0.1) is 0 Å². The van der Waals surface area contributed by atoms with Gasteiger partial charge in [0, 0.05) is 6.20 Å². The summed E-state index contributed by atoms with van der Waals surface area (Å²) in [4.78, 5) is 7.45. The number of hydrogen-bond donors (Lipinski definition) is 0. The third kappa shape index (κ3) is 0.983. The van der Waals surface area contributed by atoms with Gasteiger partial charge in [-0.1, -0.05) is 0 Å². The zero-order chi connectivity index (χ0) is 5.11. The average molecular weight is 94.1 g/mol. The minimum atomic E-state index is 0.767. The van der Waals surface area contributed by atoms with Crippen molar-refractivity contribution in [3.05, 3.63) is 11.8 Å². The summed E-state index contributed by atoms with van der Waals surface area (Å²) in [6.07, 6.45) is 1.77. The smallest absolute Gasteiger partial charge is 0.0946 e. The van der Waals surface area contributed by atoms with E-state index < -0.39 is 0 Å². The second-order valence-electron chi connectivity index (χ2n) is 1.52. The van der Waals surface area contributed by atoms with Crippen LogP contribution in [0.5, 0.6) is 0 Å². The lowest BCUT2D eigenvalue weighted by atomic mass is 10.3. The van der Waals surface area contributed by atoms with E-state index in [1.165, 1.54) is 5.57 Å². The predicted octanol–water partition coefficient (Wildman–Crippen LogP) is 1.08. The Morgan fingerprint density at radius 3 is 3.00 bits per heavy atom. The Kier molecular flexibility index (Phi) is 1.05. The molecule has 0 aromatic carbocycles. The molecule has 0 radical (unpaired) electrons. The summed E-state index contributed by atoms with van der Waals surface area (Å²) in [7, 11) is 0. The lowest BCUT2D eigenvalue weighted by Gasteiger charge is -1.90. The summed E-state index contributed by atoms with van der Waals surface area (Å²) >= 11 is 0. The standard InChI is InChI=1S/C5H6N2/c1-5-2-6-4-7-3-5/h2H,3H2,1H3. The summed E-state index contributed by atoms with van der Waals surface area (Å²) in [5.41, 5.74) is 1.19. The van der Waals surface area contributed by atoms with E-state index in [4.69, 9.17) is 0 Å². The Morgan fingerprint density at radius 1 is 1.86 bits per heavy atom. The highest BCUT2D eigenvalue weighted by Crippen LogP contribution is 1.94. The van der Waals surface area contributed by atoms with Gasteiger partial charge in [0.1, 0.15) is 0 Å². The molecule has 1 aliphatic rings. The monoisotopic (exact) mass is 94.1 g/mol. The first kappa shape index (κ1) is 4.28. The first-order valence-electron chi connectivity index (χ1n) is 2.16. The van der Waals surface area contributed by atoms with Gasteiger partial charge in [-0.05, 0) is 12.5 Å². The Labute approximate surface area is 42.3 Å². The molecule has 0 aromatic rings. The lowest BCUT2D eigenvalue weighted by Crippen LogP contribution is -1.83. The number of hydrogen-bond acceptors (Lipinski definition) is 2. The molecule has 1 heterocycles. The quantitative estimate of drug-likeness (QED) is 0.429. The van der Waals surface area contributed by atoms with Crippen LogP contribution in [0.4, 0.5) is 0 Å². The van der Waals surface area contributed by atoms with E-state index >= 15 is 0 Å². The Hall–Kier alpha value is -0.880. The van der Waals surface area contributed by atoms with Gasteiger partial charge in [-0.3, -0.25) is 0 Å². The van der Waals surface area contributed by atoms with Gasteiger partial charge in [0.05, 0.1) is 12.6 Å². The van der Waals surface area contributed by atoms with Gasteiger partial charge < -0.3 is 0 Å². The highest BCUT2D eigenvalue weighted by atomic mass is 14.8. The fourth-order valence-corrected chi connectivity index (χ4v) is 0.381. The average Bonchev–Trinajstić information content (AvgIpc) is 1.69. The topological polar surface area (TPSA) is 24.7 Å². The molecule has 0 fully saturated rings. The second-order valence-corrected chi connectivity index (χ2v) is 1.52. The minimum absolute atomic E-state index is 0.767. The van der Waals surface area contributed by atoms with Crippen molar-refractivity contribution in [2.24, 2.45) is 9.98 Å². The van der Waals surface area contributed by atoms with Crippen LogP contribution >= 0.6 is 0 Å². The summed E-state index contributed by atoms with van der Waals surface area (Å²) in [6, 6.07) is 2.49. The molecule has 0 bridgehead atoms. The van der Waals surface area contributed by atoms with Gasteiger partial charge in [0.15, 0.2) is 0 Å². The van der Waals surface area contributed by atoms with Crippen LogP contribution in [0.25, 0.3) is 0 Å². The van der Waals surface area contributed by atoms with E-state index in [-0.39, 0.29) is 0 Å². The van der Waals surface area contributed by atoms with Gasteiger partial charge in [-0.15, -0.1) is 0 Å². The maximum absolute atomic E-state index is 3.77. The van der Waals surface area contributed by atoms with Gasteiger partial charge in [-0.25, -0.2) is 4.99 Å². The molecule has 0 amide bonds. The van der Waals surface area contributed by atoms with Crippen LogP contribution in [-0.4, -0.2) is 12.6 Å². The van der Waals surface area contributed by atoms with Crippen molar-refractivity contribution in [3.8, 4) is 0 Å². The molecule has 0 saturated heterocycles. The molecule has 1 aliphatic heterocycles. The van der Waals surface area contributed by atoms with E-state index in [1.54, 1.807) is 6.20 Å². The second kappa shape index (κ2) is 1.71. The van der Waals surface area contributed by atoms with Gasteiger partial charge in [0.2, 0.25) is 0 Å². The molecular weight excluding hydrogens is 88.1 g/mol. The summed E-state index contributed by atoms with van der Waals surface area (Å²) in [6.45, 7) is 2.76. The summed E-state index contributed by atoms with van der Waals surface area (Å²) < 4.78 is 0. The van der Waals surface area contributed by atoms with Crippen molar-refractivity contribution in [2.75, 3.05) is 6.54 Å². The molecule has 0 spiro atoms. The first-order valence-corrected chi connectivity index (χ1v) is 2.16. The Balaban J connectivity index is 2.77. The molecule has 2 heteroatoms. The highest BCUT2D eigenvalue weighted by Gasteiger charge is 1.85. The van der Waals surface area contributed by atoms with Crippen LogP contribution in [-0.2, 0) is 0 Å². The van der Waals surface area contributed by atoms with Gasteiger partial charge >= 0.3 is 0 Å². The van der Waals surface area contributed by atoms with Crippen LogP contribution in [0.2, 0.25) is 0 Å². The fourth-order valence-electron chi connectivity index (χ4n) is 0.381. The van der Waals surface area contributed by atoms with Crippen molar-refractivity contribution in [1.29, 1.82) is 0 Å². The SMILES string of the molecule is CC1=CN=C=NC1. The maximum Gasteiger partial charge on any atom is 0.0946 e. The van der Waals surface area contributed by atoms with E-state index in [0.717, 1.165) is 6.54 Å². The lowest BCUT2D eigenvalue weighted by molar-refractivity contribution is 1.11. The van der Waals surface area contributed by atoms with Crippen molar-refractivity contribution >= 4 is 6.01 Å². The number of rotatable bonds is 0. The van der Waals surface area contributed by atoms with Crippen LogP contribution < -0.4 is 0 Å². The molecule has 36 valence electrons. The molecule has 0 aliphatic carbocycles. The van der Waals surface area contributed by atoms with Crippen LogP contribution in [0.3, 0.4) is 0 Å². The van der Waals surface area contributed by atoms with E-state index in [2.05, 4.69) is 16.0 Å². The summed E-state index contributed by atoms with van der Waals surface area (Å²) in [5, 5.41) is 0. The largest absolute Gasteiger partial charge is 0.221 e. The van der Waals surface area contributed by atoms with Gasteiger partial charge in [0.25, 0.3) is 0 Å². The molecule has 0 saturated carbocycles. The number of aliphatic imine (C=N–C) groups is 2. The minimum Gasteiger partial charge on any atom is -0.221 e. The molecule has 0 unspecified atom stereocenters. The highest BCUT2D eigenvalue weighted by molar-refractivity contribution is 5.45. The molecule has 0 N–H and O–H groups in total. The third-order valence-electron chi connectivity index (χ3n) is 0.742. The molecule has 7 heavy (non-hydrogen) atoms. The summed E-state index contributed by atoms with van der Waals surface area (Å²) in [5.74, 6) is 0. The fraction of sp³-hybridized carbons (Fsp3) is 0.400. The van der Waals surface area contributed by atoms with Crippen molar-refractivity contribution in [2.45, 2.75) is 6.92 Å². The maximum atomic E-state index is 3.77. The number of nitrogens with zero attached hydrogens (tertiary/aromatic N) is 2. The molecule has 0 atom stereocenters. The normalized spacial score (nSPS) is 17.0. The zero-order valence-corrected chi connectivity index (χ0v) is 4.18. The molecule has 0 aromatic heterocycles. The van der Waals surface area contributed by atoms with Gasteiger partial charge in [-0.2, -0.15) is 4.99 Å². The Bertz CT molecular complexity index is 149. The predicted molar refractivity (Wildman–Crippen MR) is 28.5 cm³/mol. The Morgan fingerprint density at radius 2 is 2.71 bits per heavy atom. The molecular formula is C5H6N2. The van der Waals surface area contributed by atoms with E-state index in [1.807, 2.05) is 6.92 Å². The van der Waals surface area contributed by atoms with Crippen molar-refractivity contribution in [3.63, 3.8) is 0 Å². The van der Waals surface area contributed by atoms with Crippen LogP contribution in [0.15, 0.2) is 21.8 Å². The molecule has 2 nitrogen and oxygen atoms in total. The van der Waals surface area contributed by atoms with E-state index in [0.29, 0.717) is 0 Å². The van der Waals surface area contributed by atoms with Crippen LogP contribution in [0.1, 0.15) is 6.92 Å². The zero-order valence-electron chi connectivity index (χ0n) is 4.18. The third-order valence-corrected chi connectivity index (χ3v) is 0.742. The van der Waals surface area contributed by atoms with Crippen molar-refractivity contribution < 1.29 is 0 Å².